The molecule has 1 amide bonds. The number of rotatable bonds is 5. The molecular formula is C22H23NO4. The lowest BCUT2D eigenvalue weighted by atomic mass is 10.0. The third-order valence-electron chi connectivity index (χ3n) is 5.15. The van der Waals surface area contributed by atoms with Gasteiger partial charge in [0, 0.05) is 29.8 Å². The molecule has 1 fully saturated rings. The quantitative estimate of drug-likeness (QED) is 0.869. The van der Waals surface area contributed by atoms with Crippen molar-refractivity contribution in [1.82, 2.24) is 0 Å². The summed E-state index contributed by atoms with van der Waals surface area (Å²) in [6.45, 7) is 1.36. The molecule has 2 aromatic rings. The van der Waals surface area contributed by atoms with Gasteiger partial charge in [-0.25, -0.2) is 0 Å². The van der Waals surface area contributed by atoms with Crippen molar-refractivity contribution in [3.63, 3.8) is 0 Å². The smallest absolute Gasteiger partial charge is 0.255 e. The minimum atomic E-state index is -0.189. The number of hydrogen-bond donors (Lipinski definition) is 1. The van der Waals surface area contributed by atoms with Crippen molar-refractivity contribution >= 4 is 17.4 Å². The average molecular weight is 365 g/mol. The first-order valence-electron chi connectivity index (χ1n) is 9.51. The maximum atomic E-state index is 12.6. The van der Waals surface area contributed by atoms with Crippen LogP contribution in [0.5, 0.6) is 5.75 Å². The molecule has 0 bridgehead atoms. The zero-order valence-electron chi connectivity index (χ0n) is 15.2. The third kappa shape index (κ3) is 4.03. The predicted molar refractivity (Wildman–Crippen MR) is 103 cm³/mol. The lowest BCUT2D eigenvalue weighted by Crippen LogP contribution is -2.25. The van der Waals surface area contributed by atoms with Gasteiger partial charge in [-0.15, -0.1) is 0 Å². The van der Waals surface area contributed by atoms with E-state index in [-0.39, 0.29) is 17.8 Å². The number of benzene rings is 2. The van der Waals surface area contributed by atoms with E-state index < -0.39 is 0 Å². The van der Waals surface area contributed by atoms with Gasteiger partial charge < -0.3 is 14.8 Å². The molecule has 5 heteroatoms. The minimum absolute atomic E-state index is 0.114. The molecular weight excluding hydrogens is 342 g/mol. The molecule has 5 nitrogen and oxygen atoms in total. The number of carbonyl (C=O) groups is 2. The van der Waals surface area contributed by atoms with Crippen LogP contribution >= 0.6 is 0 Å². The second-order valence-corrected chi connectivity index (χ2v) is 7.03. The highest BCUT2D eigenvalue weighted by Crippen LogP contribution is 2.26. The predicted octanol–water partition coefficient (Wildman–Crippen LogP) is 4.02. The second kappa shape index (κ2) is 7.92. The molecule has 0 saturated carbocycles. The van der Waals surface area contributed by atoms with Gasteiger partial charge in [0.25, 0.3) is 5.91 Å². The fraction of sp³-hybridized carbons (Fsp3) is 0.364. The van der Waals surface area contributed by atoms with Gasteiger partial charge in [-0.1, -0.05) is 12.1 Å². The molecule has 1 aliphatic heterocycles. The average Bonchev–Trinajstić information content (AvgIpc) is 3.09. The van der Waals surface area contributed by atoms with E-state index in [1.807, 2.05) is 24.3 Å². The van der Waals surface area contributed by atoms with E-state index >= 15 is 0 Å². The zero-order valence-corrected chi connectivity index (χ0v) is 15.2. The molecule has 1 heterocycles. The summed E-state index contributed by atoms with van der Waals surface area (Å²) >= 11 is 0. The summed E-state index contributed by atoms with van der Waals surface area (Å²) in [6.07, 6.45) is 4.64. The van der Waals surface area contributed by atoms with Crippen molar-refractivity contribution in [3.05, 3.63) is 59.2 Å². The number of ketones is 1. The van der Waals surface area contributed by atoms with Gasteiger partial charge in [-0.3, -0.25) is 9.59 Å². The second-order valence-electron chi connectivity index (χ2n) is 7.03. The molecule has 1 aliphatic carbocycles. The highest BCUT2D eigenvalue weighted by atomic mass is 16.5. The number of amides is 1. The van der Waals surface area contributed by atoms with Gasteiger partial charge in [0.2, 0.25) is 0 Å². The van der Waals surface area contributed by atoms with Gasteiger partial charge in [0.1, 0.15) is 12.4 Å². The van der Waals surface area contributed by atoms with Crippen LogP contribution in [0.25, 0.3) is 0 Å². The van der Waals surface area contributed by atoms with E-state index in [0.29, 0.717) is 36.3 Å². The molecule has 2 aromatic carbocycles. The molecule has 4 rings (SSSR count). The highest BCUT2D eigenvalue weighted by molar-refractivity contribution is 6.09. The summed E-state index contributed by atoms with van der Waals surface area (Å²) in [4.78, 5) is 24.5. The Morgan fingerprint density at radius 1 is 1.11 bits per heavy atom. The number of fused-ring (bicyclic) bond motifs is 1. The Morgan fingerprint density at radius 3 is 2.74 bits per heavy atom. The molecule has 1 N–H and O–H groups in total. The van der Waals surface area contributed by atoms with Gasteiger partial charge in [-0.2, -0.15) is 0 Å². The number of carbonyl (C=O) groups excluding carboxylic acids is 2. The maximum Gasteiger partial charge on any atom is 0.255 e. The summed E-state index contributed by atoms with van der Waals surface area (Å²) in [6, 6.07) is 12.7. The summed E-state index contributed by atoms with van der Waals surface area (Å²) in [5.74, 6) is 0.683. The molecule has 140 valence electrons. The van der Waals surface area contributed by atoms with Crippen molar-refractivity contribution in [3.8, 4) is 5.75 Å². The van der Waals surface area contributed by atoms with Crippen molar-refractivity contribution in [2.75, 3.05) is 18.5 Å². The van der Waals surface area contributed by atoms with Gasteiger partial charge in [0.15, 0.2) is 5.78 Å². The number of Topliss-reactive ketones (excluding diaryl/α,β-unsaturated/α-hetero) is 1. The highest BCUT2D eigenvalue weighted by Gasteiger charge is 2.24. The van der Waals surface area contributed by atoms with E-state index in [4.69, 9.17) is 9.47 Å². The first-order valence-corrected chi connectivity index (χ1v) is 9.51. The summed E-state index contributed by atoms with van der Waals surface area (Å²) < 4.78 is 11.5. The summed E-state index contributed by atoms with van der Waals surface area (Å²) in [5, 5.41) is 2.90. The molecule has 1 saturated heterocycles. The van der Waals surface area contributed by atoms with Crippen molar-refractivity contribution in [2.45, 2.75) is 38.2 Å². The Morgan fingerprint density at radius 2 is 1.96 bits per heavy atom. The van der Waals surface area contributed by atoms with E-state index in [2.05, 4.69) is 5.32 Å². The monoisotopic (exact) mass is 365 g/mol. The van der Waals surface area contributed by atoms with E-state index in [0.717, 1.165) is 30.8 Å². The molecule has 0 aromatic heterocycles. The van der Waals surface area contributed by atoms with Crippen LogP contribution in [-0.4, -0.2) is 31.0 Å². The molecule has 1 atom stereocenters. The lowest BCUT2D eigenvalue weighted by molar-refractivity contribution is -0.0110. The maximum absolute atomic E-state index is 12.6. The van der Waals surface area contributed by atoms with E-state index in [9.17, 15) is 9.59 Å². The van der Waals surface area contributed by atoms with Gasteiger partial charge >= 0.3 is 0 Å². The van der Waals surface area contributed by atoms with E-state index in [1.165, 1.54) is 6.42 Å². The Hall–Kier alpha value is -2.66. The van der Waals surface area contributed by atoms with Crippen LogP contribution in [0, 0.1) is 0 Å². The van der Waals surface area contributed by atoms with Crippen molar-refractivity contribution in [1.29, 1.82) is 0 Å². The third-order valence-corrected chi connectivity index (χ3v) is 5.15. The number of hydrogen-bond acceptors (Lipinski definition) is 4. The Kier molecular flexibility index (Phi) is 5.21. The first-order chi connectivity index (χ1) is 13.2. The summed E-state index contributed by atoms with van der Waals surface area (Å²) in [5.41, 5.74) is 2.81. The van der Waals surface area contributed by atoms with Gasteiger partial charge in [0.05, 0.1) is 6.10 Å². The lowest BCUT2D eigenvalue weighted by Gasteiger charge is -2.22. The standard InChI is InChI=1S/C22H23NO4/c24-21-12-11-18-19(21)5-3-6-20(18)22(25)23-15-7-9-16(10-8-15)27-14-17-4-1-2-13-26-17/h3,5-10,17H,1-2,4,11-14H2,(H,23,25). The molecule has 2 aliphatic rings. The Labute approximate surface area is 158 Å². The fourth-order valence-electron chi connectivity index (χ4n) is 3.66. The van der Waals surface area contributed by atoms with Crippen LogP contribution in [0.1, 0.15) is 52.0 Å². The Balaban J connectivity index is 1.37. The number of nitrogens with one attached hydrogen (secondary N) is 1. The topological polar surface area (TPSA) is 64.6 Å². The van der Waals surface area contributed by atoms with Crippen LogP contribution in [0.15, 0.2) is 42.5 Å². The van der Waals surface area contributed by atoms with Crippen molar-refractivity contribution in [2.24, 2.45) is 0 Å². The zero-order chi connectivity index (χ0) is 18.6. The number of ether oxygens (including phenoxy) is 2. The molecule has 27 heavy (non-hydrogen) atoms. The number of anilines is 1. The molecule has 0 radical (unpaired) electrons. The van der Waals surface area contributed by atoms with Crippen LogP contribution in [0.2, 0.25) is 0 Å². The van der Waals surface area contributed by atoms with Crippen molar-refractivity contribution < 1.29 is 19.1 Å². The van der Waals surface area contributed by atoms with E-state index in [1.54, 1.807) is 18.2 Å². The van der Waals surface area contributed by atoms with Gasteiger partial charge in [-0.05, 0) is 61.6 Å². The molecule has 0 spiro atoms. The minimum Gasteiger partial charge on any atom is -0.491 e. The van der Waals surface area contributed by atoms with Crippen LogP contribution in [0.3, 0.4) is 0 Å². The van der Waals surface area contributed by atoms with Crippen LogP contribution in [0.4, 0.5) is 5.69 Å². The SMILES string of the molecule is O=C1CCc2c1cccc2C(=O)Nc1ccc(OCC2CCCCO2)cc1. The summed E-state index contributed by atoms with van der Waals surface area (Å²) in [7, 11) is 0. The first kappa shape index (κ1) is 17.7. The normalized spacial score (nSPS) is 18.8. The fourth-order valence-corrected chi connectivity index (χ4v) is 3.66. The van der Waals surface area contributed by atoms with Crippen LogP contribution in [-0.2, 0) is 11.2 Å². The van der Waals surface area contributed by atoms with Crippen LogP contribution < -0.4 is 10.1 Å². The molecule has 1 unspecified atom stereocenters. The Bertz CT molecular complexity index is 838. The largest absolute Gasteiger partial charge is 0.491 e.